The number of ether oxygens (including phenoxy) is 1. The number of nitrogens with zero attached hydrogens (tertiary/aromatic N) is 4. The van der Waals surface area contributed by atoms with Crippen LogP contribution in [0.1, 0.15) is 105 Å². The zero-order valence-electron chi connectivity index (χ0n) is 49.9. The normalized spacial score (nSPS) is 13.1. The molecule has 0 unspecified atom stereocenters. The summed E-state index contributed by atoms with van der Waals surface area (Å²) >= 11 is 0. The number of para-hydroxylation sites is 1. The summed E-state index contributed by atoms with van der Waals surface area (Å²) in [5, 5.41) is 7.48. The quantitative estimate of drug-likeness (QED) is 0.0776. The van der Waals surface area contributed by atoms with Crippen LogP contribution in [0.2, 0.25) is 0 Å². The average molecular weight is 1280 g/mol. The molecular weight excluding hydrogens is 1210 g/mol. The third-order valence-electron chi connectivity index (χ3n) is 16.5. The molecule has 9 aromatic carbocycles. The molecule has 0 saturated carbocycles. The van der Waals surface area contributed by atoms with Crippen molar-refractivity contribution in [2.45, 2.75) is 105 Å². The number of pyridine rings is 1. The zero-order valence-corrected chi connectivity index (χ0v) is 53.1. The van der Waals surface area contributed by atoms with Crippen molar-refractivity contribution in [3.8, 4) is 28.4 Å². The number of rotatable bonds is 10. The Morgan fingerprint density at radius 1 is 0.446 bits per heavy atom. The number of hydrogen-bond donors (Lipinski definition) is 0. The minimum absolute atomic E-state index is 0. The van der Waals surface area contributed by atoms with E-state index in [0.717, 1.165) is 55.9 Å². The second-order valence-electron chi connectivity index (χ2n) is 26.3. The van der Waals surface area contributed by atoms with Gasteiger partial charge in [0.05, 0.1) is 0 Å². The van der Waals surface area contributed by atoms with Crippen LogP contribution in [0.3, 0.4) is 0 Å². The van der Waals surface area contributed by atoms with Crippen molar-refractivity contribution in [3.63, 3.8) is 0 Å². The Hall–Kier alpha value is -7.76. The fraction of sp³-hybridized carbons (Fsp3) is 0.211. The maximum absolute atomic E-state index is 6.95. The molecule has 0 radical (unpaired) electrons. The minimum atomic E-state index is -2.86. The van der Waals surface area contributed by atoms with E-state index in [1.807, 2.05) is 12.3 Å². The van der Waals surface area contributed by atoms with Crippen molar-refractivity contribution in [2.24, 2.45) is 0 Å². The molecule has 0 aliphatic carbocycles. The van der Waals surface area contributed by atoms with E-state index in [4.69, 9.17) is 9.72 Å². The van der Waals surface area contributed by atoms with Crippen molar-refractivity contribution in [1.82, 2.24) is 9.55 Å². The van der Waals surface area contributed by atoms with Crippen molar-refractivity contribution in [1.29, 1.82) is 0 Å². The molecule has 0 bridgehead atoms. The van der Waals surface area contributed by atoms with E-state index in [1.165, 1.54) is 48.6 Å². The van der Waals surface area contributed by atoms with Gasteiger partial charge >= 0.3 is 0 Å². The standard InChI is InChI=1S/C76H73N4OSi.Pt/c1-73(2,3)53-36-34-52(35-37-53)65-32-23-33-69-72(65)79(58-45-55(75(7,8)9)44-56(46-58)76(10,11)12)51-78(69)57-24-22-25-59(48-57)81-60-38-40-66-67-50-64(39-41-68(67)80(70(66)49-60)71-47-54(42-43-77-71)74(4,5)6)82(61-26-16-13-17-27-61,62-28-18-14-19-29-62)63-30-20-15-21-31-63;/h13-47,50-51H,1-12H3;/q-3;. The number of fused-ring (bicyclic) bond motifs is 4. The van der Waals surface area contributed by atoms with Gasteiger partial charge in [-0.05, 0) is 112 Å². The van der Waals surface area contributed by atoms with Crippen LogP contribution in [0, 0.1) is 18.8 Å². The van der Waals surface area contributed by atoms with E-state index >= 15 is 0 Å². The van der Waals surface area contributed by atoms with E-state index in [1.54, 1.807) is 0 Å². The Morgan fingerprint density at radius 2 is 1.01 bits per heavy atom. The third kappa shape index (κ3) is 10.7. The van der Waals surface area contributed by atoms with Crippen LogP contribution in [0.25, 0.3) is 38.8 Å². The molecule has 0 saturated heterocycles. The van der Waals surface area contributed by atoms with Gasteiger partial charge in [0.15, 0.2) is 8.07 Å². The van der Waals surface area contributed by atoms with Gasteiger partial charge in [-0.15, -0.1) is 48.1 Å². The van der Waals surface area contributed by atoms with Crippen molar-refractivity contribution >= 4 is 73.4 Å². The molecule has 0 atom stereocenters. The van der Waals surface area contributed by atoms with Gasteiger partial charge < -0.3 is 19.1 Å². The number of aromatic nitrogens is 2. The molecule has 12 rings (SSSR count). The van der Waals surface area contributed by atoms with Gasteiger partial charge in [0.2, 0.25) is 0 Å². The smallest absolute Gasteiger partial charge is 0.179 e. The Bertz CT molecular complexity index is 4020. The van der Waals surface area contributed by atoms with E-state index in [0.29, 0.717) is 11.5 Å². The predicted molar refractivity (Wildman–Crippen MR) is 348 cm³/mol. The molecule has 0 N–H and O–H groups in total. The van der Waals surface area contributed by atoms with Crippen LogP contribution >= 0.6 is 0 Å². The topological polar surface area (TPSA) is 33.5 Å². The SMILES string of the molecule is CC(C)(C)c1ccc(-c2cccc3c2N(c2cc(C(C)(C)C)cc(C(C)(C)C)c2)[CH-]N3c2[c-]c(Oc3[c-]c4c(cc3)c3cc([Si](c5ccccc5)(c5ccccc5)c5ccccc5)ccc3n4-c3cc(C(C)(C)C)ccn3)ccc2)cc1.[Pt]. The van der Waals surface area contributed by atoms with Gasteiger partial charge in [-0.25, -0.2) is 4.98 Å². The summed E-state index contributed by atoms with van der Waals surface area (Å²) in [6.07, 6.45) is 1.94. The van der Waals surface area contributed by atoms with Gasteiger partial charge in [-0.3, -0.25) is 0 Å². The molecule has 3 heterocycles. The van der Waals surface area contributed by atoms with Gasteiger partial charge in [0.25, 0.3) is 0 Å². The van der Waals surface area contributed by atoms with Gasteiger partial charge in [-0.1, -0.05) is 234 Å². The third-order valence-corrected chi connectivity index (χ3v) is 21.3. The maximum atomic E-state index is 6.95. The van der Waals surface area contributed by atoms with Crippen LogP contribution < -0.4 is 35.3 Å². The van der Waals surface area contributed by atoms with Crippen molar-refractivity contribution < 1.29 is 25.8 Å². The Labute approximate surface area is 507 Å². The summed E-state index contributed by atoms with van der Waals surface area (Å²) < 4.78 is 9.22. The molecule has 2 aromatic heterocycles. The molecule has 7 heteroatoms. The van der Waals surface area contributed by atoms with Crippen LogP contribution in [-0.4, -0.2) is 17.6 Å². The summed E-state index contributed by atoms with van der Waals surface area (Å²) in [4.78, 5) is 9.73. The number of benzene rings is 9. The van der Waals surface area contributed by atoms with E-state index in [-0.39, 0.29) is 42.7 Å². The Morgan fingerprint density at radius 3 is 1.59 bits per heavy atom. The molecule has 1 aliphatic heterocycles. The first-order valence-corrected chi connectivity index (χ1v) is 30.8. The minimum Gasteiger partial charge on any atom is -0.509 e. The molecule has 83 heavy (non-hydrogen) atoms. The summed E-state index contributed by atoms with van der Waals surface area (Å²) in [5.74, 6) is 2.00. The fourth-order valence-corrected chi connectivity index (χ4v) is 16.7. The molecule has 0 amide bonds. The second-order valence-corrected chi connectivity index (χ2v) is 30.1. The molecule has 11 aromatic rings. The van der Waals surface area contributed by atoms with E-state index in [2.05, 4.69) is 323 Å². The first kappa shape index (κ1) is 57.1. The summed E-state index contributed by atoms with van der Waals surface area (Å²) in [5.41, 5.74) is 13.3. The van der Waals surface area contributed by atoms with Crippen LogP contribution in [-0.2, 0) is 42.7 Å². The first-order chi connectivity index (χ1) is 39.2. The van der Waals surface area contributed by atoms with Crippen molar-refractivity contribution in [3.05, 3.63) is 260 Å². The number of hydrogen-bond acceptors (Lipinski definition) is 4. The monoisotopic (exact) mass is 1280 g/mol. The molecule has 0 spiro atoms. The molecule has 5 nitrogen and oxygen atoms in total. The predicted octanol–water partition coefficient (Wildman–Crippen LogP) is 17.2. The molecule has 0 fully saturated rings. The van der Waals surface area contributed by atoms with Gasteiger partial charge in [-0.2, -0.15) is 12.1 Å². The average Bonchev–Trinajstić information content (AvgIpc) is 2.56. The summed E-state index contributed by atoms with van der Waals surface area (Å²) in [7, 11) is -2.86. The second kappa shape index (κ2) is 21.8. The van der Waals surface area contributed by atoms with Crippen LogP contribution in [0.5, 0.6) is 11.5 Å². The van der Waals surface area contributed by atoms with Crippen LogP contribution in [0.4, 0.5) is 22.7 Å². The summed E-state index contributed by atoms with van der Waals surface area (Å²) in [6, 6.07) is 85.7. The summed E-state index contributed by atoms with van der Waals surface area (Å²) in [6.45, 7) is 29.6. The Kier molecular flexibility index (Phi) is 15.0. The van der Waals surface area contributed by atoms with Crippen LogP contribution in [0.15, 0.2) is 219 Å². The van der Waals surface area contributed by atoms with Crippen molar-refractivity contribution in [2.75, 3.05) is 9.80 Å². The molecular formula is C76H73N4OPtSi-3. The van der Waals surface area contributed by atoms with E-state index in [9.17, 15) is 0 Å². The number of anilines is 4. The largest absolute Gasteiger partial charge is 0.509 e. The maximum Gasteiger partial charge on any atom is 0.179 e. The Balaban J connectivity index is 0.00000721. The zero-order chi connectivity index (χ0) is 57.3. The van der Waals surface area contributed by atoms with Gasteiger partial charge in [0.1, 0.15) is 5.82 Å². The molecule has 420 valence electrons. The van der Waals surface area contributed by atoms with Gasteiger partial charge in [0, 0.05) is 66.9 Å². The fourth-order valence-electron chi connectivity index (χ4n) is 11.9. The first-order valence-electron chi connectivity index (χ1n) is 28.8. The van der Waals surface area contributed by atoms with E-state index < -0.39 is 8.07 Å². The molecule has 1 aliphatic rings.